The number of hydrogen-bond donors (Lipinski definition) is 0. The molecule has 3 aliphatic rings. The van der Waals surface area contributed by atoms with Crippen LogP contribution in [0.4, 0.5) is 5.69 Å². The second kappa shape index (κ2) is 8.52. The number of benzene rings is 1. The molecule has 0 saturated carbocycles. The fraction of sp³-hybridized carbons (Fsp3) is 0.609. The van der Waals surface area contributed by atoms with Crippen LogP contribution in [-0.4, -0.2) is 60.1 Å². The largest absolute Gasteiger partial charge is 0.369 e. The minimum atomic E-state index is 0.723. The van der Waals surface area contributed by atoms with Crippen LogP contribution in [0.3, 0.4) is 0 Å². The minimum Gasteiger partial charge on any atom is -0.369 e. The van der Waals surface area contributed by atoms with E-state index in [1.54, 1.807) is 4.88 Å². The molecule has 1 aliphatic carbocycles. The summed E-state index contributed by atoms with van der Waals surface area (Å²) in [6, 6.07) is 11.6. The number of para-hydroxylation sites is 1. The Morgan fingerprint density at radius 1 is 0.929 bits per heavy atom. The molecule has 0 unspecified atom stereocenters. The average Bonchev–Trinajstić information content (AvgIpc) is 3.17. The first-order valence-electron chi connectivity index (χ1n) is 11.1. The maximum Gasteiger partial charge on any atom is 0.107 e. The molecule has 0 spiro atoms. The Hall–Kier alpha value is -1.43. The molecule has 1 aromatic heterocycles. The van der Waals surface area contributed by atoms with E-state index in [-0.39, 0.29) is 0 Å². The summed E-state index contributed by atoms with van der Waals surface area (Å²) in [4.78, 5) is 14.5. The van der Waals surface area contributed by atoms with Gasteiger partial charge in [-0.15, -0.1) is 11.3 Å². The summed E-state index contributed by atoms with van der Waals surface area (Å²) < 4.78 is 0. The van der Waals surface area contributed by atoms with Gasteiger partial charge in [0.1, 0.15) is 5.01 Å². The van der Waals surface area contributed by atoms with E-state index in [0.717, 1.165) is 25.7 Å². The van der Waals surface area contributed by atoms with E-state index < -0.39 is 0 Å². The molecule has 5 rings (SSSR count). The number of likely N-dealkylation sites (tertiary alicyclic amines) is 1. The van der Waals surface area contributed by atoms with Crippen LogP contribution in [-0.2, 0) is 19.4 Å². The SMILES string of the molecule is c1ccc(N2CCN([C@@H]3CCCN(Cc4nc5c(s4)CCCC5)C3)CC2)cc1. The molecule has 2 fully saturated rings. The highest BCUT2D eigenvalue weighted by Gasteiger charge is 2.28. The van der Waals surface area contributed by atoms with Gasteiger partial charge in [-0.05, 0) is 57.2 Å². The van der Waals surface area contributed by atoms with Gasteiger partial charge in [0.25, 0.3) is 0 Å². The van der Waals surface area contributed by atoms with Crippen LogP contribution in [0.1, 0.15) is 41.3 Å². The van der Waals surface area contributed by atoms with Crippen molar-refractivity contribution in [3.63, 3.8) is 0 Å². The van der Waals surface area contributed by atoms with Crippen LogP contribution in [0, 0.1) is 0 Å². The molecule has 2 aliphatic heterocycles. The summed E-state index contributed by atoms with van der Waals surface area (Å²) in [7, 11) is 0. The monoisotopic (exact) mass is 396 g/mol. The van der Waals surface area contributed by atoms with Gasteiger partial charge in [-0.1, -0.05) is 18.2 Å². The maximum atomic E-state index is 4.98. The third kappa shape index (κ3) is 4.12. The molecule has 0 radical (unpaired) electrons. The first kappa shape index (κ1) is 18.6. The molecule has 5 heteroatoms. The van der Waals surface area contributed by atoms with Gasteiger partial charge >= 0.3 is 0 Å². The topological polar surface area (TPSA) is 22.6 Å². The standard InChI is InChI=1S/C23H32N4S/c1-2-7-19(8-3-1)26-13-15-27(16-14-26)20-9-6-12-25(17-20)18-23-24-21-10-4-5-11-22(21)28-23/h1-3,7-8,20H,4-6,9-18H2/t20-/m1/s1. The first-order valence-corrected chi connectivity index (χ1v) is 11.9. The van der Waals surface area contributed by atoms with Crippen LogP contribution in [0.25, 0.3) is 0 Å². The van der Waals surface area contributed by atoms with Crippen molar-refractivity contribution in [1.29, 1.82) is 0 Å². The zero-order chi connectivity index (χ0) is 18.8. The normalized spacial score (nSPS) is 24.3. The lowest BCUT2D eigenvalue weighted by atomic mass is 10.0. The summed E-state index contributed by atoms with van der Waals surface area (Å²) in [6.07, 6.45) is 7.85. The Bertz CT molecular complexity index is 743. The van der Waals surface area contributed by atoms with Gasteiger partial charge in [0.15, 0.2) is 0 Å². The molecule has 150 valence electrons. The van der Waals surface area contributed by atoms with E-state index in [1.807, 2.05) is 11.3 Å². The zero-order valence-corrected chi connectivity index (χ0v) is 17.7. The van der Waals surface area contributed by atoms with Crippen molar-refractivity contribution < 1.29 is 0 Å². The van der Waals surface area contributed by atoms with Crippen molar-refractivity contribution in [3.05, 3.63) is 45.9 Å². The van der Waals surface area contributed by atoms with E-state index >= 15 is 0 Å². The first-order chi connectivity index (χ1) is 13.8. The summed E-state index contributed by atoms with van der Waals surface area (Å²) in [5.41, 5.74) is 2.79. The Morgan fingerprint density at radius 3 is 2.57 bits per heavy atom. The van der Waals surface area contributed by atoms with Gasteiger partial charge in [-0.2, -0.15) is 0 Å². The van der Waals surface area contributed by atoms with E-state index in [0.29, 0.717) is 0 Å². The highest BCUT2D eigenvalue weighted by molar-refractivity contribution is 7.11. The average molecular weight is 397 g/mol. The van der Waals surface area contributed by atoms with Gasteiger partial charge < -0.3 is 4.90 Å². The van der Waals surface area contributed by atoms with Gasteiger partial charge in [-0.25, -0.2) is 4.98 Å². The summed E-state index contributed by atoms with van der Waals surface area (Å²) >= 11 is 1.99. The lowest BCUT2D eigenvalue weighted by Gasteiger charge is -2.43. The zero-order valence-electron chi connectivity index (χ0n) is 16.9. The van der Waals surface area contributed by atoms with Crippen molar-refractivity contribution in [1.82, 2.24) is 14.8 Å². The fourth-order valence-electron chi connectivity index (χ4n) is 5.12. The second-order valence-electron chi connectivity index (χ2n) is 8.57. The Kier molecular flexibility index (Phi) is 5.66. The summed E-state index contributed by atoms with van der Waals surface area (Å²) in [6.45, 7) is 8.22. The van der Waals surface area contributed by atoms with Crippen LogP contribution in [0.5, 0.6) is 0 Å². The Balaban J connectivity index is 1.16. The van der Waals surface area contributed by atoms with Crippen molar-refractivity contribution in [3.8, 4) is 0 Å². The third-order valence-corrected chi connectivity index (χ3v) is 7.82. The molecule has 4 nitrogen and oxygen atoms in total. The number of piperazine rings is 1. The molecule has 2 aromatic rings. The molecular weight excluding hydrogens is 364 g/mol. The van der Waals surface area contributed by atoms with Crippen molar-refractivity contribution in [2.75, 3.05) is 44.2 Å². The fourth-order valence-corrected chi connectivity index (χ4v) is 6.32. The predicted octanol–water partition coefficient (Wildman–Crippen LogP) is 3.81. The van der Waals surface area contributed by atoms with E-state index in [4.69, 9.17) is 4.98 Å². The molecule has 28 heavy (non-hydrogen) atoms. The number of nitrogens with zero attached hydrogens (tertiary/aromatic N) is 4. The quantitative estimate of drug-likeness (QED) is 0.784. The van der Waals surface area contributed by atoms with E-state index in [1.165, 1.54) is 81.1 Å². The van der Waals surface area contributed by atoms with Crippen LogP contribution >= 0.6 is 11.3 Å². The number of thiazole rings is 1. The van der Waals surface area contributed by atoms with Crippen molar-refractivity contribution in [2.24, 2.45) is 0 Å². The van der Waals surface area contributed by atoms with Crippen LogP contribution in [0.15, 0.2) is 30.3 Å². The maximum absolute atomic E-state index is 4.98. The van der Waals surface area contributed by atoms with Crippen molar-refractivity contribution in [2.45, 2.75) is 51.1 Å². The van der Waals surface area contributed by atoms with Crippen LogP contribution in [0.2, 0.25) is 0 Å². The number of anilines is 1. The Labute approximate surface area is 173 Å². The minimum absolute atomic E-state index is 0.723. The van der Waals surface area contributed by atoms with Gasteiger partial charge in [0.2, 0.25) is 0 Å². The Morgan fingerprint density at radius 2 is 1.75 bits per heavy atom. The number of rotatable bonds is 4. The molecule has 0 bridgehead atoms. The second-order valence-corrected chi connectivity index (χ2v) is 9.74. The molecular formula is C23H32N4S. The number of aryl methyl sites for hydroxylation is 2. The molecule has 0 N–H and O–H groups in total. The molecule has 1 aromatic carbocycles. The smallest absolute Gasteiger partial charge is 0.107 e. The van der Waals surface area contributed by atoms with Crippen LogP contribution < -0.4 is 4.90 Å². The van der Waals surface area contributed by atoms with Gasteiger partial charge in [-0.3, -0.25) is 9.80 Å². The number of piperidine rings is 1. The number of fused-ring (bicyclic) bond motifs is 1. The van der Waals surface area contributed by atoms with Gasteiger partial charge in [0.05, 0.1) is 12.2 Å². The lowest BCUT2D eigenvalue weighted by Crippen LogP contribution is -2.55. The predicted molar refractivity (Wildman–Crippen MR) is 117 cm³/mol. The molecule has 2 saturated heterocycles. The molecule has 1 atom stereocenters. The number of hydrogen-bond acceptors (Lipinski definition) is 5. The summed E-state index contributed by atoms with van der Waals surface area (Å²) in [5, 5.41) is 1.36. The highest BCUT2D eigenvalue weighted by Crippen LogP contribution is 2.28. The molecule has 0 amide bonds. The molecule has 3 heterocycles. The third-order valence-electron chi connectivity index (χ3n) is 6.68. The summed E-state index contributed by atoms with van der Waals surface area (Å²) in [5.74, 6) is 0. The highest BCUT2D eigenvalue weighted by atomic mass is 32.1. The number of aromatic nitrogens is 1. The van der Waals surface area contributed by atoms with Gasteiger partial charge in [0, 0.05) is 49.3 Å². The van der Waals surface area contributed by atoms with E-state index in [2.05, 4.69) is 45.0 Å². The van der Waals surface area contributed by atoms with E-state index in [9.17, 15) is 0 Å². The lowest BCUT2D eigenvalue weighted by molar-refractivity contribution is 0.0887. The van der Waals surface area contributed by atoms with Crippen molar-refractivity contribution >= 4 is 17.0 Å².